The zero-order valence-corrected chi connectivity index (χ0v) is 14.8. The number of hydrogen-bond donors (Lipinski definition) is 2. The molecule has 2 aliphatic heterocycles. The number of rotatable bonds is 4. The molecule has 2 fully saturated rings. The SMILES string of the molecule is O=C1CCC(c2c(F)cc(N3CC(OC(=O)NCC(F)(F)F)C3)cc2F)C(=O)N1. The van der Waals surface area contributed by atoms with E-state index < -0.39 is 59.8 Å². The third-order valence-electron chi connectivity index (χ3n) is 4.57. The monoisotopic (exact) mass is 421 g/mol. The first kappa shape index (κ1) is 20.8. The molecule has 1 atom stereocenters. The van der Waals surface area contributed by atoms with Crippen molar-refractivity contribution in [3.8, 4) is 0 Å². The molecular formula is C17H16F5N3O4. The van der Waals surface area contributed by atoms with E-state index in [0.717, 1.165) is 12.1 Å². The van der Waals surface area contributed by atoms with Crippen LogP contribution in [0, 0.1) is 11.6 Å². The number of benzene rings is 1. The van der Waals surface area contributed by atoms with Crippen LogP contribution < -0.4 is 15.5 Å². The van der Waals surface area contributed by atoms with Gasteiger partial charge < -0.3 is 15.0 Å². The second-order valence-electron chi connectivity index (χ2n) is 6.73. The molecule has 1 aromatic rings. The highest BCUT2D eigenvalue weighted by molar-refractivity contribution is 6.01. The minimum Gasteiger partial charge on any atom is -0.442 e. The quantitative estimate of drug-likeness (QED) is 0.574. The Bertz CT molecular complexity index is 816. The van der Waals surface area contributed by atoms with Gasteiger partial charge in [-0.3, -0.25) is 14.9 Å². The van der Waals surface area contributed by atoms with Crippen LogP contribution in [0.4, 0.5) is 32.4 Å². The third kappa shape index (κ3) is 4.93. The van der Waals surface area contributed by atoms with Crippen LogP contribution >= 0.6 is 0 Å². The van der Waals surface area contributed by atoms with Crippen LogP contribution in [0.2, 0.25) is 0 Å². The Hall–Kier alpha value is -2.92. The molecule has 2 aliphatic rings. The van der Waals surface area contributed by atoms with Gasteiger partial charge in [-0.15, -0.1) is 0 Å². The van der Waals surface area contributed by atoms with Gasteiger partial charge in [-0.2, -0.15) is 13.2 Å². The van der Waals surface area contributed by atoms with Gasteiger partial charge in [0.1, 0.15) is 24.3 Å². The average Bonchev–Trinajstić information content (AvgIpc) is 2.56. The van der Waals surface area contributed by atoms with Crippen LogP contribution in [0.5, 0.6) is 0 Å². The fourth-order valence-electron chi connectivity index (χ4n) is 3.14. The van der Waals surface area contributed by atoms with Gasteiger partial charge in [0.15, 0.2) is 0 Å². The number of imide groups is 1. The first-order valence-electron chi connectivity index (χ1n) is 8.62. The molecule has 158 valence electrons. The molecule has 29 heavy (non-hydrogen) atoms. The molecular weight excluding hydrogens is 405 g/mol. The minimum absolute atomic E-state index is 0.00941. The summed E-state index contributed by atoms with van der Waals surface area (Å²) in [6.45, 7) is -1.45. The number of anilines is 1. The van der Waals surface area contributed by atoms with Crippen molar-refractivity contribution in [1.82, 2.24) is 10.6 Å². The van der Waals surface area contributed by atoms with Crippen molar-refractivity contribution in [2.45, 2.75) is 31.0 Å². The maximum absolute atomic E-state index is 14.5. The lowest BCUT2D eigenvalue weighted by molar-refractivity contribution is -0.134. The molecule has 0 radical (unpaired) electrons. The Balaban J connectivity index is 1.59. The van der Waals surface area contributed by atoms with Crippen LogP contribution in [0.25, 0.3) is 0 Å². The predicted molar refractivity (Wildman–Crippen MR) is 88.0 cm³/mol. The molecule has 1 aromatic carbocycles. The number of hydrogen-bond acceptors (Lipinski definition) is 5. The summed E-state index contributed by atoms with van der Waals surface area (Å²) in [6, 6.07) is 2.03. The number of carbonyl (C=O) groups is 3. The van der Waals surface area contributed by atoms with Crippen molar-refractivity contribution in [1.29, 1.82) is 0 Å². The Labute approximate surface area is 161 Å². The van der Waals surface area contributed by atoms with Crippen LogP contribution in [0.15, 0.2) is 12.1 Å². The summed E-state index contributed by atoms with van der Waals surface area (Å²) in [5.41, 5.74) is -0.301. The third-order valence-corrected chi connectivity index (χ3v) is 4.57. The predicted octanol–water partition coefficient (Wildman–Crippen LogP) is 1.96. The molecule has 12 heteroatoms. The fraction of sp³-hybridized carbons (Fsp3) is 0.471. The van der Waals surface area contributed by atoms with Gasteiger partial charge in [0.2, 0.25) is 11.8 Å². The lowest BCUT2D eigenvalue weighted by Crippen LogP contribution is -2.54. The normalized spacial score (nSPS) is 20.2. The fourth-order valence-corrected chi connectivity index (χ4v) is 3.14. The van der Waals surface area contributed by atoms with Crippen LogP contribution in [0.3, 0.4) is 0 Å². The molecule has 2 saturated heterocycles. The van der Waals surface area contributed by atoms with Gasteiger partial charge in [0.05, 0.1) is 19.0 Å². The highest BCUT2D eigenvalue weighted by atomic mass is 19.4. The number of piperidine rings is 1. The summed E-state index contributed by atoms with van der Waals surface area (Å²) in [5, 5.41) is 3.60. The van der Waals surface area contributed by atoms with Crippen molar-refractivity contribution in [3.63, 3.8) is 0 Å². The summed E-state index contributed by atoms with van der Waals surface area (Å²) in [6.07, 6.45) is -6.57. The second kappa shape index (κ2) is 7.84. The highest BCUT2D eigenvalue weighted by Crippen LogP contribution is 2.33. The topological polar surface area (TPSA) is 87.7 Å². The number of alkyl carbamates (subject to hydrolysis) is 1. The summed E-state index contributed by atoms with van der Waals surface area (Å²) in [7, 11) is 0. The lowest BCUT2D eigenvalue weighted by atomic mass is 9.89. The van der Waals surface area contributed by atoms with E-state index in [4.69, 9.17) is 4.74 Å². The van der Waals surface area contributed by atoms with Crippen molar-refractivity contribution in [2.75, 3.05) is 24.5 Å². The van der Waals surface area contributed by atoms with Crippen molar-refractivity contribution in [2.24, 2.45) is 0 Å². The van der Waals surface area contributed by atoms with Gasteiger partial charge in [0.25, 0.3) is 0 Å². The summed E-state index contributed by atoms with van der Waals surface area (Å²) >= 11 is 0. The summed E-state index contributed by atoms with van der Waals surface area (Å²) in [4.78, 5) is 35.8. The van der Waals surface area contributed by atoms with E-state index in [1.807, 2.05) is 5.32 Å². The minimum atomic E-state index is -4.57. The lowest BCUT2D eigenvalue weighted by Gasteiger charge is -2.40. The van der Waals surface area contributed by atoms with Crippen molar-refractivity contribution < 1.29 is 41.1 Å². The highest BCUT2D eigenvalue weighted by Gasteiger charge is 2.35. The van der Waals surface area contributed by atoms with E-state index in [1.54, 1.807) is 5.32 Å². The van der Waals surface area contributed by atoms with Crippen LogP contribution in [0.1, 0.15) is 24.3 Å². The van der Waals surface area contributed by atoms with E-state index in [1.165, 1.54) is 4.90 Å². The van der Waals surface area contributed by atoms with E-state index in [9.17, 15) is 36.3 Å². The number of ether oxygens (including phenoxy) is 1. The molecule has 3 rings (SSSR count). The Kier molecular flexibility index (Phi) is 5.62. The molecule has 3 amide bonds. The number of carbonyl (C=O) groups excluding carboxylic acids is 3. The first-order chi connectivity index (χ1) is 13.5. The largest absolute Gasteiger partial charge is 0.442 e. The van der Waals surface area contributed by atoms with Crippen molar-refractivity contribution in [3.05, 3.63) is 29.3 Å². The van der Waals surface area contributed by atoms with E-state index in [0.29, 0.717) is 0 Å². The standard InChI is InChI=1S/C17H16F5N3O4/c18-11-3-8(4-12(19)14(11)10-1-2-13(26)24-15(10)27)25-5-9(6-25)29-16(28)23-7-17(20,21)22/h3-4,9-10H,1-2,5-7H2,(H,23,28)(H,24,26,27). The number of nitrogens with one attached hydrogen (secondary N) is 2. The molecule has 2 N–H and O–H groups in total. The van der Waals surface area contributed by atoms with Crippen LogP contribution in [-0.2, 0) is 14.3 Å². The van der Waals surface area contributed by atoms with Crippen molar-refractivity contribution >= 4 is 23.6 Å². The Morgan fingerprint density at radius 1 is 1.21 bits per heavy atom. The van der Waals surface area contributed by atoms with Gasteiger partial charge in [0, 0.05) is 17.7 Å². The maximum atomic E-state index is 14.5. The number of amides is 3. The van der Waals surface area contributed by atoms with Gasteiger partial charge >= 0.3 is 12.3 Å². The molecule has 0 aliphatic carbocycles. The van der Waals surface area contributed by atoms with Gasteiger partial charge in [-0.05, 0) is 18.6 Å². The van der Waals surface area contributed by atoms with Gasteiger partial charge in [-0.25, -0.2) is 13.6 Å². The summed E-state index contributed by atoms with van der Waals surface area (Å²) in [5.74, 6) is -4.31. The average molecular weight is 421 g/mol. The van der Waals surface area contributed by atoms with Gasteiger partial charge in [-0.1, -0.05) is 0 Å². The van der Waals surface area contributed by atoms with E-state index >= 15 is 0 Å². The zero-order chi connectivity index (χ0) is 21.3. The summed E-state index contributed by atoms with van der Waals surface area (Å²) < 4.78 is 69.8. The van der Waals surface area contributed by atoms with E-state index in [2.05, 4.69) is 0 Å². The molecule has 2 heterocycles. The second-order valence-corrected chi connectivity index (χ2v) is 6.73. The molecule has 0 spiro atoms. The molecule has 0 aromatic heterocycles. The van der Waals surface area contributed by atoms with Crippen LogP contribution in [-0.4, -0.2) is 49.8 Å². The first-order valence-corrected chi connectivity index (χ1v) is 8.62. The number of alkyl halides is 3. The molecule has 1 unspecified atom stereocenters. The number of nitrogens with zero attached hydrogens (tertiary/aromatic N) is 1. The van der Waals surface area contributed by atoms with E-state index in [-0.39, 0.29) is 31.6 Å². The molecule has 7 nitrogen and oxygen atoms in total. The molecule has 0 bridgehead atoms. The zero-order valence-electron chi connectivity index (χ0n) is 14.8. The maximum Gasteiger partial charge on any atom is 0.407 e. The smallest absolute Gasteiger partial charge is 0.407 e. The number of halogens is 5. The Morgan fingerprint density at radius 2 is 1.83 bits per heavy atom. The molecule has 0 saturated carbocycles. The Morgan fingerprint density at radius 3 is 2.38 bits per heavy atom.